The Labute approximate surface area is 122 Å². The second-order valence-corrected chi connectivity index (χ2v) is 6.34. The number of carbonyl (C=O) groups excluding carboxylic acids is 1. The average Bonchev–Trinajstić information content (AvgIpc) is 2.24. The molecule has 8 heteroatoms. The maximum atomic E-state index is 12.3. The van der Waals surface area contributed by atoms with Crippen molar-refractivity contribution in [3.05, 3.63) is 0 Å². The first-order valence-electron chi connectivity index (χ1n) is 6.87. The van der Waals surface area contributed by atoms with Crippen LogP contribution in [0.15, 0.2) is 0 Å². The Hall–Kier alpha value is -1.02. The molecule has 1 saturated heterocycles. The van der Waals surface area contributed by atoms with Crippen LogP contribution in [0.3, 0.4) is 0 Å². The number of aliphatic hydroxyl groups excluding tert-OH is 1. The predicted octanol–water partition coefficient (Wildman–Crippen LogP) is 1.85. The Morgan fingerprint density at radius 1 is 1.33 bits per heavy atom. The van der Waals surface area contributed by atoms with Gasteiger partial charge in [0.15, 0.2) is 6.10 Å². The molecule has 1 aliphatic rings. The van der Waals surface area contributed by atoms with Gasteiger partial charge in [-0.15, -0.1) is 0 Å². The molecule has 2 atom stereocenters. The minimum atomic E-state index is -4.62. The first-order valence-corrected chi connectivity index (χ1v) is 6.87. The maximum Gasteiger partial charge on any atom is 0.415 e. The van der Waals surface area contributed by atoms with E-state index in [0.717, 1.165) is 0 Å². The second-order valence-electron chi connectivity index (χ2n) is 6.34. The summed E-state index contributed by atoms with van der Waals surface area (Å²) in [5.74, 6) is 0. The largest absolute Gasteiger partial charge is 0.444 e. The molecule has 0 aromatic rings. The highest BCUT2D eigenvalue weighted by Gasteiger charge is 2.40. The summed E-state index contributed by atoms with van der Waals surface area (Å²) in [7, 11) is 0. The summed E-state index contributed by atoms with van der Waals surface area (Å²) in [6.45, 7) is 7.36. The zero-order valence-electron chi connectivity index (χ0n) is 12.8. The van der Waals surface area contributed by atoms with Gasteiger partial charge in [-0.1, -0.05) is 0 Å². The summed E-state index contributed by atoms with van der Waals surface area (Å²) < 4.78 is 42.2. The number of alkyl halides is 3. The number of aliphatic hydroxyl groups is 1. The molecule has 0 aromatic heterocycles. The Morgan fingerprint density at radius 3 is 2.33 bits per heavy atom. The summed E-state index contributed by atoms with van der Waals surface area (Å²) in [5.41, 5.74) is -0.611. The fourth-order valence-electron chi connectivity index (χ4n) is 2.14. The zero-order chi connectivity index (χ0) is 16.4. The molecule has 21 heavy (non-hydrogen) atoms. The van der Waals surface area contributed by atoms with Crippen molar-refractivity contribution < 1.29 is 27.8 Å². The normalized spacial score (nSPS) is 23.0. The third-order valence-electron chi connectivity index (χ3n) is 3.15. The molecule has 0 aromatic carbocycles. The van der Waals surface area contributed by atoms with Crippen molar-refractivity contribution in [2.24, 2.45) is 0 Å². The van der Waals surface area contributed by atoms with Gasteiger partial charge in [-0.3, -0.25) is 4.90 Å². The van der Waals surface area contributed by atoms with Crippen molar-refractivity contribution in [1.29, 1.82) is 0 Å². The molecule has 1 aliphatic heterocycles. The minimum Gasteiger partial charge on any atom is -0.444 e. The van der Waals surface area contributed by atoms with E-state index in [0.29, 0.717) is 0 Å². The third-order valence-corrected chi connectivity index (χ3v) is 3.15. The molecule has 0 aliphatic carbocycles. The van der Waals surface area contributed by atoms with Crippen LogP contribution in [-0.2, 0) is 4.74 Å². The number of hydrogen-bond acceptors (Lipinski definition) is 4. The van der Waals surface area contributed by atoms with Crippen LogP contribution in [0.2, 0.25) is 0 Å². The lowest BCUT2D eigenvalue weighted by Gasteiger charge is -2.40. The molecule has 0 radical (unpaired) electrons. The number of piperazine rings is 1. The first kappa shape index (κ1) is 18.0. The summed E-state index contributed by atoms with van der Waals surface area (Å²) in [5, 5.41) is 9.08. The molecule has 1 N–H and O–H groups in total. The van der Waals surface area contributed by atoms with Crippen molar-refractivity contribution >= 4 is 6.09 Å². The summed E-state index contributed by atoms with van der Waals surface area (Å²) in [4.78, 5) is 15.0. The smallest absolute Gasteiger partial charge is 0.415 e. The fraction of sp³-hybridized carbons (Fsp3) is 0.923. The maximum absolute atomic E-state index is 12.3. The van der Waals surface area contributed by atoms with E-state index in [1.165, 1.54) is 9.80 Å². The molecule has 0 saturated carbocycles. The lowest BCUT2D eigenvalue weighted by atomic mass is 10.1. The van der Waals surface area contributed by atoms with Gasteiger partial charge in [0.2, 0.25) is 0 Å². The number of ether oxygens (including phenoxy) is 1. The molecular formula is C13H23F3N2O3. The lowest BCUT2D eigenvalue weighted by Crippen LogP contribution is -2.56. The summed E-state index contributed by atoms with van der Waals surface area (Å²) in [6, 6.07) is -0.269. The Bertz CT molecular complexity index is 369. The van der Waals surface area contributed by atoms with E-state index in [9.17, 15) is 18.0 Å². The van der Waals surface area contributed by atoms with Crippen LogP contribution in [0.4, 0.5) is 18.0 Å². The van der Waals surface area contributed by atoms with E-state index >= 15 is 0 Å². The highest BCUT2D eigenvalue weighted by molar-refractivity contribution is 5.68. The van der Waals surface area contributed by atoms with Crippen LogP contribution in [0.1, 0.15) is 27.7 Å². The van der Waals surface area contributed by atoms with Gasteiger partial charge in [-0.25, -0.2) is 4.79 Å². The van der Waals surface area contributed by atoms with Gasteiger partial charge in [-0.05, 0) is 27.7 Å². The average molecular weight is 312 g/mol. The van der Waals surface area contributed by atoms with Crippen LogP contribution in [-0.4, -0.2) is 71.1 Å². The number of β-amino-alcohol motifs (C(OH)–C–C–N with tert-alkyl or cyclic N) is 1. The number of hydrogen-bond donors (Lipinski definition) is 1. The van der Waals surface area contributed by atoms with Gasteiger partial charge in [0.25, 0.3) is 0 Å². The highest BCUT2D eigenvalue weighted by atomic mass is 19.4. The predicted molar refractivity (Wildman–Crippen MR) is 70.9 cm³/mol. The van der Waals surface area contributed by atoms with Crippen molar-refractivity contribution in [3.8, 4) is 0 Å². The van der Waals surface area contributed by atoms with Gasteiger partial charge in [0.05, 0.1) is 0 Å². The van der Waals surface area contributed by atoms with E-state index in [1.807, 2.05) is 0 Å². The third kappa shape index (κ3) is 5.70. The lowest BCUT2D eigenvalue weighted by molar-refractivity contribution is -0.209. The summed E-state index contributed by atoms with van der Waals surface area (Å²) in [6.07, 6.45) is -7.45. The Kier molecular flexibility index (Phi) is 5.49. The number of nitrogens with zero attached hydrogens (tertiary/aromatic N) is 2. The Morgan fingerprint density at radius 2 is 1.90 bits per heavy atom. The van der Waals surface area contributed by atoms with E-state index in [4.69, 9.17) is 9.84 Å². The van der Waals surface area contributed by atoms with Crippen molar-refractivity contribution in [1.82, 2.24) is 9.80 Å². The molecule has 1 fully saturated rings. The van der Waals surface area contributed by atoms with Crippen molar-refractivity contribution in [2.45, 2.75) is 51.6 Å². The van der Waals surface area contributed by atoms with E-state index in [-0.39, 0.29) is 25.7 Å². The molecule has 5 nitrogen and oxygen atoms in total. The molecule has 1 amide bonds. The monoisotopic (exact) mass is 312 g/mol. The van der Waals surface area contributed by atoms with Gasteiger partial charge in [-0.2, -0.15) is 13.2 Å². The van der Waals surface area contributed by atoms with Crippen LogP contribution in [0.5, 0.6) is 0 Å². The molecule has 0 bridgehead atoms. The van der Waals surface area contributed by atoms with Crippen LogP contribution < -0.4 is 0 Å². The number of rotatable bonds is 2. The minimum absolute atomic E-state index is 0.269. The van der Waals surface area contributed by atoms with Crippen LogP contribution in [0.25, 0.3) is 0 Å². The highest BCUT2D eigenvalue weighted by Crippen LogP contribution is 2.22. The molecule has 1 rings (SSSR count). The number of carbonyl (C=O) groups is 1. The molecule has 0 unspecified atom stereocenters. The quantitative estimate of drug-likeness (QED) is 0.845. The van der Waals surface area contributed by atoms with Crippen LogP contribution in [0, 0.1) is 0 Å². The number of amides is 1. The Balaban J connectivity index is 2.53. The van der Waals surface area contributed by atoms with E-state index in [2.05, 4.69) is 0 Å². The molecular weight excluding hydrogens is 289 g/mol. The SMILES string of the molecule is C[C@@H]1CN(C[C@H](O)C(F)(F)F)CCN1C(=O)OC(C)(C)C. The fourth-order valence-corrected chi connectivity index (χ4v) is 2.14. The standard InChI is InChI=1S/C13H23F3N2O3/c1-9-7-17(8-10(19)13(14,15)16)5-6-18(9)11(20)21-12(2,3)4/h9-10,19H,5-8H2,1-4H3/t9-,10+/m1/s1. The number of halogens is 3. The van der Waals surface area contributed by atoms with Gasteiger partial charge in [0.1, 0.15) is 5.60 Å². The van der Waals surface area contributed by atoms with Gasteiger partial charge in [0, 0.05) is 32.2 Å². The second kappa shape index (κ2) is 6.39. The van der Waals surface area contributed by atoms with Crippen LogP contribution >= 0.6 is 0 Å². The molecule has 0 spiro atoms. The summed E-state index contributed by atoms with van der Waals surface area (Å²) >= 11 is 0. The van der Waals surface area contributed by atoms with E-state index < -0.39 is 30.5 Å². The zero-order valence-corrected chi connectivity index (χ0v) is 12.8. The topological polar surface area (TPSA) is 53.0 Å². The van der Waals surface area contributed by atoms with Gasteiger partial charge < -0.3 is 14.7 Å². The van der Waals surface area contributed by atoms with E-state index in [1.54, 1.807) is 27.7 Å². The van der Waals surface area contributed by atoms with Crippen molar-refractivity contribution in [2.75, 3.05) is 26.2 Å². The molecule has 124 valence electrons. The van der Waals surface area contributed by atoms with Crippen molar-refractivity contribution in [3.63, 3.8) is 0 Å². The molecule has 1 heterocycles. The first-order chi connectivity index (χ1) is 9.40. The van der Waals surface area contributed by atoms with Gasteiger partial charge >= 0.3 is 12.3 Å².